The molecular weight excluding hydrogens is 374 g/mol. The molecule has 0 bridgehead atoms. The van der Waals surface area contributed by atoms with Crippen LogP contribution >= 0.6 is 0 Å². The second-order valence-corrected chi connectivity index (χ2v) is 9.27. The van der Waals surface area contributed by atoms with Crippen molar-refractivity contribution in [2.45, 2.75) is 98.6 Å². The summed E-state index contributed by atoms with van der Waals surface area (Å²) >= 11 is 0. The minimum atomic E-state index is 0.0296. The van der Waals surface area contributed by atoms with Gasteiger partial charge in [-0.3, -0.25) is 9.59 Å². The van der Waals surface area contributed by atoms with E-state index in [4.69, 9.17) is 0 Å². The van der Waals surface area contributed by atoms with E-state index in [1.165, 1.54) is 32.1 Å². The molecule has 0 fully saturated rings. The summed E-state index contributed by atoms with van der Waals surface area (Å²) in [7, 11) is 2.00. The highest BCUT2D eigenvalue weighted by atomic mass is 16.2. The molecule has 0 aliphatic heterocycles. The van der Waals surface area contributed by atoms with E-state index in [1.54, 1.807) is 4.90 Å². The van der Waals surface area contributed by atoms with Crippen molar-refractivity contribution in [3.8, 4) is 0 Å². The smallest absolute Gasteiger partial charge is 0.242 e. The molecule has 172 valence electrons. The van der Waals surface area contributed by atoms with Crippen molar-refractivity contribution in [2.24, 2.45) is 13.0 Å². The Kier molecular flexibility index (Phi) is 12.5. The molecule has 0 aliphatic carbocycles. The van der Waals surface area contributed by atoms with E-state index >= 15 is 0 Å². The fourth-order valence-corrected chi connectivity index (χ4v) is 3.73. The molecule has 0 unspecified atom stereocenters. The minimum Gasteiger partial charge on any atom is -0.353 e. The molecule has 5 nitrogen and oxygen atoms in total. The van der Waals surface area contributed by atoms with Gasteiger partial charge >= 0.3 is 0 Å². The molecule has 0 aliphatic rings. The molecule has 0 saturated heterocycles. The molecule has 1 aromatic rings. The zero-order valence-electron chi connectivity index (χ0n) is 20.3. The van der Waals surface area contributed by atoms with Crippen LogP contribution in [0.5, 0.6) is 0 Å². The predicted octanol–water partition coefficient (Wildman–Crippen LogP) is 5.39. The number of rotatable bonds is 15. The summed E-state index contributed by atoms with van der Waals surface area (Å²) < 4.78 is 2.05. The Morgan fingerprint density at radius 3 is 2.13 bits per heavy atom. The first kappa shape index (κ1) is 26.3. The maximum atomic E-state index is 13.1. The third-order valence-corrected chi connectivity index (χ3v) is 5.59. The molecule has 0 atom stereocenters. The fourth-order valence-electron chi connectivity index (χ4n) is 3.73. The van der Waals surface area contributed by atoms with Gasteiger partial charge in [0.2, 0.25) is 11.8 Å². The van der Waals surface area contributed by atoms with E-state index in [2.05, 4.69) is 20.8 Å². The summed E-state index contributed by atoms with van der Waals surface area (Å²) in [6.07, 6.45) is 10.9. The van der Waals surface area contributed by atoms with Crippen molar-refractivity contribution < 1.29 is 9.59 Å². The highest BCUT2D eigenvalue weighted by Crippen LogP contribution is 2.13. The van der Waals surface area contributed by atoms with Gasteiger partial charge in [0.25, 0.3) is 0 Å². The molecule has 1 rings (SSSR count). The number of unbranched alkanes of at least 4 members (excludes halogenated alkanes) is 6. The predicted molar refractivity (Wildman–Crippen MR) is 125 cm³/mol. The molecule has 0 saturated carbocycles. The number of carbonyl (C=O) groups excluding carboxylic acids is 2. The Balaban J connectivity index is 2.61. The van der Waals surface area contributed by atoms with Crippen molar-refractivity contribution in [3.63, 3.8) is 0 Å². The zero-order valence-corrected chi connectivity index (χ0v) is 20.3. The van der Waals surface area contributed by atoms with Gasteiger partial charge in [0.15, 0.2) is 0 Å². The topological polar surface area (TPSA) is 45.6 Å². The Labute approximate surface area is 184 Å². The lowest BCUT2D eigenvalue weighted by Gasteiger charge is -2.31. The number of amides is 2. The molecular formula is C25H45N3O2. The third kappa shape index (κ3) is 9.82. The fraction of sp³-hybridized carbons (Fsp3) is 0.760. The molecule has 0 radical (unpaired) electrons. The average molecular weight is 420 g/mol. The Morgan fingerprint density at radius 1 is 0.967 bits per heavy atom. The molecule has 5 heteroatoms. The van der Waals surface area contributed by atoms with Crippen LogP contribution in [-0.2, 0) is 23.2 Å². The van der Waals surface area contributed by atoms with Crippen LogP contribution in [0.1, 0.15) is 91.7 Å². The van der Waals surface area contributed by atoms with Crippen LogP contribution in [0.2, 0.25) is 0 Å². The molecule has 2 amide bonds. The van der Waals surface area contributed by atoms with Crippen molar-refractivity contribution in [1.29, 1.82) is 0 Å². The molecule has 0 aromatic carbocycles. The van der Waals surface area contributed by atoms with E-state index in [9.17, 15) is 9.59 Å². The average Bonchev–Trinajstić information content (AvgIpc) is 3.08. The monoisotopic (exact) mass is 419 g/mol. The number of carbonyl (C=O) groups is 2. The van der Waals surface area contributed by atoms with Gasteiger partial charge < -0.3 is 14.4 Å². The van der Waals surface area contributed by atoms with Gasteiger partial charge in [-0.15, -0.1) is 0 Å². The van der Waals surface area contributed by atoms with Gasteiger partial charge in [-0.1, -0.05) is 59.3 Å². The number of aryl methyl sites for hydroxylation is 1. The Hall–Kier alpha value is -1.78. The van der Waals surface area contributed by atoms with Crippen LogP contribution in [0.25, 0.3) is 0 Å². The van der Waals surface area contributed by atoms with Gasteiger partial charge in [0.1, 0.15) is 0 Å². The van der Waals surface area contributed by atoms with Gasteiger partial charge in [0.05, 0.1) is 13.1 Å². The second kappa shape index (κ2) is 14.3. The van der Waals surface area contributed by atoms with Crippen LogP contribution in [-0.4, -0.2) is 45.3 Å². The Bertz CT molecular complexity index is 622. The van der Waals surface area contributed by atoms with Crippen LogP contribution < -0.4 is 0 Å². The number of hydrogen-bond donors (Lipinski definition) is 0. The maximum Gasteiger partial charge on any atom is 0.242 e. The number of hydrogen-bond acceptors (Lipinski definition) is 2. The van der Waals surface area contributed by atoms with Crippen molar-refractivity contribution >= 4 is 11.8 Å². The molecule has 0 spiro atoms. The standard InChI is InChI=1S/C25H45N3O2/c1-7-8-9-10-11-12-13-16-24(29)28(22(4)5)20-25(30)27(18-21(2)3)19-23-15-14-17-26(23)6/h14-15,17,21-22H,7-13,16,18-20H2,1-6H3. The summed E-state index contributed by atoms with van der Waals surface area (Å²) in [5.74, 6) is 0.520. The van der Waals surface area contributed by atoms with Crippen molar-refractivity contribution in [1.82, 2.24) is 14.4 Å². The van der Waals surface area contributed by atoms with Crippen LogP contribution in [0, 0.1) is 5.92 Å². The maximum absolute atomic E-state index is 13.1. The van der Waals surface area contributed by atoms with E-state index in [0.717, 1.165) is 18.5 Å². The lowest BCUT2D eigenvalue weighted by molar-refractivity contribution is -0.142. The quantitative estimate of drug-likeness (QED) is 0.358. The summed E-state index contributed by atoms with van der Waals surface area (Å²) in [5.41, 5.74) is 1.11. The highest BCUT2D eigenvalue weighted by molar-refractivity contribution is 5.85. The number of nitrogens with zero attached hydrogens (tertiary/aromatic N) is 3. The minimum absolute atomic E-state index is 0.0296. The van der Waals surface area contributed by atoms with E-state index in [0.29, 0.717) is 25.4 Å². The zero-order chi connectivity index (χ0) is 22.5. The Morgan fingerprint density at radius 2 is 1.60 bits per heavy atom. The van der Waals surface area contributed by atoms with Crippen LogP contribution in [0.15, 0.2) is 18.3 Å². The first-order chi connectivity index (χ1) is 14.3. The van der Waals surface area contributed by atoms with Crippen LogP contribution in [0.3, 0.4) is 0 Å². The van der Waals surface area contributed by atoms with Gasteiger partial charge in [0, 0.05) is 37.9 Å². The van der Waals surface area contributed by atoms with E-state index in [-0.39, 0.29) is 24.4 Å². The molecule has 1 heterocycles. The summed E-state index contributed by atoms with van der Waals surface area (Å²) in [4.78, 5) is 29.6. The van der Waals surface area contributed by atoms with E-state index in [1.807, 2.05) is 48.7 Å². The first-order valence-corrected chi connectivity index (χ1v) is 11.9. The highest BCUT2D eigenvalue weighted by Gasteiger charge is 2.24. The normalized spacial score (nSPS) is 11.3. The summed E-state index contributed by atoms with van der Waals surface area (Å²) in [6.45, 7) is 11.9. The lowest BCUT2D eigenvalue weighted by Crippen LogP contribution is -2.46. The summed E-state index contributed by atoms with van der Waals surface area (Å²) in [5, 5.41) is 0. The molecule has 1 aromatic heterocycles. The van der Waals surface area contributed by atoms with Crippen molar-refractivity contribution in [3.05, 3.63) is 24.0 Å². The molecule has 0 N–H and O–H groups in total. The van der Waals surface area contributed by atoms with Gasteiger partial charge in [-0.2, -0.15) is 0 Å². The van der Waals surface area contributed by atoms with Crippen molar-refractivity contribution in [2.75, 3.05) is 13.1 Å². The van der Waals surface area contributed by atoms with Gasteiger partial charge in [-0.25, -0.2) is 0 Å². The summed E-state index contributed by atoms with van der Waals surface area (Å²) in [6, 6.07) is 4.08. The van der Waals surface area contributed by atoms with Gasteiger partial charge in [-0.05, 0) is 38.3 Å². The third-order valence-electron chi connectivity index (χ3n) is 5.59. The molecule has 30 heavy (non-hydrogen) atoms. The van der Waals surface area contributed by atoms with Crippen LogP contribution in [0.4, 0.5) is 0 Å². The second-order valence-electron chi connectivity index (χ2n) is 9.27. The first-order valence-electron chi connectivity index (χ1n) is 11.9. The SMILES string of the molecule is CCCCCCCCCC(=O)N(CC(=O)N(Cc1cccn1C)CC(C)C)C(C)C. The van der Waals surface area contributed by atoms with E-state index < -0.39 is 0 Å². The lowest BCUT2D eigenvalue weighted by atomic mass is 10.1. The largest absolute Gasteiger partial charge is 0.353 e. The number of aromatic nitrogens is 1.